The van der Waals surface area contributed by atoms with Crippen molar-refractivity contribution in [2.45, 2.75) is 70.3 Å². The van der Waals surface area contributed by atoms with Crippen molar-refractivity contribution in [2.24, 2.45) is 5.73 Å². The van der Waals surface area contributed by atoms with E-state index in [9.17, 15) is 14.4 Å². The van der Waals surface area contributed by atoms with Gasteiger partial charge in [0.2, 0.25) is 17.8 Å². The Morgan fingerprint density at radius 3 is 2.34 bits per heavy atom. The van der Waals surface area contributed by atoms with E-state index in [0.29, 0.717) is 78.7 Å². The Morgan fingerprint density at radius 1 is 0.931 bits per heavy atom. The van der Waals surface area contributed by atoms with Gasteiger partial charge in [-0.25, -0.2) is 4.98 Å². The number of aliphatic carboxylic acids is 1. The van der Waals surface area contributed by atoms with Gasteiger partial charge in [-0.3, -0.25) is 19.3 Å². The molecule has 18 heteroatoms. The summed E-state index contributed by atoms with van der Waals surface area (Å²) in [5.74, 6) is 0.830. The average Bonchev–Trinajstić information content (AvgIpc) is 3.62. The summed E-state index contributed by atoms with van der Waals surface area (Å²) in [5.41, 5.74) is 15.5. The maximum absolute atomic E-state index is 12.8. The van der Waals surface area contributed by atoms with Crippen molar-refractivity contribution in [3.63, 3.8) is 0 Å². The van der Waals surface area contributed by atoms with Crippen LogP contribution in [0.3, 0.4) is 0 Å². The van der Waals surface area contributed by atoms with Crippen molar-refractivity contribution in [3.05, 3.63) is 41.6 Å². The second-order valence-corrected chi connectivity index (χ2v) is 15.3. The van der Waals surface area contributed by atoms with Crippen LogP contribution in [0.25, 0.3) is 11.0 Å². The van der Waals surface area contributed by atoms with Crippen LogP contribution in [-0.2, 0) is 41.7 Å². The summed E-state index contributed by atoms with van der Waals surface area (Å²) in [4.78, 5) is 49.2. The highest BCUT2D eigenvalue weighted by Crippen LogP contribution is 2.28. The number of anilines is 2. The predicted octanol–water partition coefficient (Wildman–Crippen LogP) is 2.80. The number of aromatic nitrogens is 3. The molecule has 2 aromatic heterocycles. The van der Waals surface area contributed by atoms with Gasteiger partial charge >= 0.3 is 5.97 Å². The number of carbonyl (C=O) groups is 3. The summed E-state index contributed by atoms with van der Waals surface area (Å²) in [5, 5.41) is 14.8. The van der Waals surface area contributed by atoms with Gasteiger partial charge in [0, 0.05) is 63.3 Å². The molecule has 2 atom stereocenters. The first kappa shape index (κ1) is 46.5. The van der Waals surface area contributed by atoms with Crippen LogP contribution in [-0.4, -0.2) is 150 Å². The summed E-state index contributed by atoms with van der Waals surface area (Å²) >= 11 is 1.24. The molecule has 3 heterocycles. The third kappa shape index (κ3) is 15.2. The fourth-order valence-electron chi connectivity index (χ4n) is 6.47. The number of ether oxygens (including phenoxy) is 4. The summed E-state index contributed by atoms with van der Waals surface area (Å²) in [6.45, 7) is 11.7. The molecule has 4 rings (SSSR count). The third-order valence-electron chi connectivity index (χ3n) is 9.73. The molecule has 0 aliphatic carbocycles. The SMILES string of the molecule is CCCCCNc1nc(N)nc2ccn(Cc3ccc(CN4CCN(C(=O)CCOCCOCCOCCNC(=O)C(CC)SCC(N)C(=O)O)CC4)cc3OC)c12. The lowest BCUT2D eigenvalue weighted by atomic mass is 10.1. The minimum atomic E-state index is -1.08. The molecule has 2 amide bonds. The highest BCUT2D eigenvalue weighted by atomic mass is 32.2. The molecule has 1 aliphatic rings. The molecular formula is C40H63N9O8S. The number of nitrogens with two attached hydrogens (primary N) is 2. The zero-order chi connectivity index (χ0) is 41.7. The first-order valence-corrected chi connectivity index (χ1v) is 21.3. The van der Waals surface area contributed by atoms with E-state index in [2.05, 4.69) is 55.2 Å². The highest BCUT2D eigenvalue weighted by molar-refractivity contribution is 8.00. The zero-order valence-corrected chi connectivity index (χ0v) is 35.1. The maximum atomic E-state index is 12.8. The number of amides is 2. The fourth-order valence-corrected chi connectivity index (χ4v) is 7.52. The topological polar surface area (TPSA) is 222 Å². The van der Waals surface area contributed by atoms with Crippen LogP contribution < -0.4 is 26.8 Å². The number of fused-ring (bicyclic) bond motifs is 1. The monoisotopic (exact) mass is 829 g/mol. The zero-order valence-electron chi connectivity index (χ0n) is 34.3. The maximum Gasteiger partial charge on any atom is 0.321 e. The van der Waals surface area contributed by atoms with E-state index in [1.807, 2.05) is 24.1 Å². The van der Waals surface area contributed by atoms with Crippen molar-refractivity contribution in [1.82, 2.24) is 29.7 Å². The number of hydrogen-bond donors (Lipinski definition) is 5. The molecule has 17 nitrogen and oxygen atoms in total. The lowest BCUT2D eigenvalue weighted by Crippen LogP contribution is -2.48. The highest BCUT2D eigenvalue weighted by Gasteiger charge is 2.22. The lowest BCUT2D eigenvalue weighted by Gasteiger charge is -2.35. The average molecular weight is 830 g/mol. The number of rotatable bonds is 28. The first-order valence-electron chi connectivity index (χ1n) is 20.3. The summed E-state index contributed by atoms with van der Waals surface area (Å²) in [6.07, 6.45) is 6.26. The minimum absolute atomic E-state index is 0.0877. The fraction of sp³-hybridized carbons (Fsp3) is 0.625. The number of methoxy groups -OCH3 is 1. The van der Waals surface area contributed by atoms with Crippen LogP contribution in [0.1, 0.15) is 57.1 Å². The molecule has 0 bridgehead atoms. The van der Waals surface area contributed by atoms with E-state index >= 15 is 0 Å². The van der Waals surface area contributed by atoms with Gasteiger partial charge in [0.1, 0.15) is 17.3 Å². The summed E-state index contributed by atoms with van der Waals surface area (Å²) < 4.78 is 24.6. The summed E-state index contributed by atoms with van der Waals surface area (Å²) in [6, 6.07) is 7.33. The smallest absolute Gasteiger partial charge is 0.321 e. The lowest BCUT2D eigenvalue weighted by molar-refractivity contribution is -0.138. The molecule has 322 valence electrons. The summed E-state index contributed by atoms with van der Waals surface area (Å²) in [7, 11) is 1.70. The van der Waals surface area contributed by atoms with Gasteiger partial charge in [0.25, 0.3) is 0 Å². The first-order chi connectivity index (χ1) is 28.1. The van der Waals surface area contributed by atoms with Gasteiger partial charge in [0.15, 0.2) is 5.82 Å². The number of nitrogens with zero attached hydrogens (tertiary/aromatic N) is 5. The van der Waals surface area contributed by atoms with Gasteiger partial charge in [-0.2, -0.15) is 4.98 Å². The van der Waals surface area contributed by atoms with E-state index in [1.54, 1.807) is 7.11 Å². The number of piperazine rings is 1. The van der Waals surface area contributed by atoms with Crippen LogP contribution in [0.5, 0.6) is 5.75 Å². The molecule has 0 saturated carbocycles. The molecule has 58 heavy (non-hydrogen) atoms. The molecule has 1 aromatic carbocycles. The number of thioether (sulfide) groups is 1. The number of carboxylic acids is 1. The van der Waals surface area contributed by atoms with E-state index in [0.717, 1.165) is 79.2 Å². The number of hydrogen-bond acceptors (Lipinski definition) is 14. The molecule has 3 aromatic rings. The van der Waals surface area contributed by atoms with Gasteiger partial charge < -0.3 is 55.6 Å². The van der Waals surface area contributed by atoms with E-state index in [-0.39, 0.29) is 28.8 Å². The molecule has 1 fully saturated rings. The predicted molar refractivity (Wildman–Crippen MR) is 226 cm³/mol. The van der Waals surface area contributed by atoms with Gasteiger partial charge in [0.05, 0.1) is 70.5 Å². The van der Waals surface area contributed by atoms with Crippen molar-refractivity contribution in [3.8, 4) is 5.75 Å². The number of carboxylic acid groups (broad SMARTS) is 1. The van der Waals surface area contributed by atoms with Crippen LogP contribution in [0, 0.1) is 0 Å². The van der Waals surface area contributed by atoms with Crippen LogP contribution in [0.2, 0.25) is 0 Å². The van der Waals surface area contributed by atoms with Gasteiger partial charge in [-0.15, -0.1) is 11.8 Å². The number of nitrogens with one attached hydrogen (secondary N) is 2. The molecule has 1 saturated heterocycles. The minimum Gasteiger partial charge on any atom is -0.496 e. The number of nitrogen functional groups attached to an aromatic ring is 1. The number of carbonyl (C=O) groups excluding carboxylic acids is 2. The molecule has 0 radical (unpaired) electrons. The molecule has 2 unspecified atom stereocenters. The van der Waals surface area contributed by atoms with Crippen LogP contribution >= 0.6 is 11.8 Å². The van der Waals surface area contributed by atoms with Crippen molar-refractivity contribution >= 4 is 52.3 Å². The Labute approximate surface area is 345 Å². The molecule has 7 N–H and O–H groups in total. The van der Waals surface area contributed by atoms with E-state index in [1.165, 1.54) is 11.8 Å². The Bertz CT molecular complexity index is 1720. The Morgan fingerprint density at radius 2 is 1.66 bits per heavy atom. The van der Waals surface area contributed by atoms with Crippen molar-refractivity contribution in [1.29, 1.82) is 0 Å². The van der Waals surface area contributed by atoms with E-state index in [4.69, 9.17) is 35.5 Å². The van der Waals surface area contributed by atoms with E-state index < -0.39 is 12.0 Å². The Kier molecular flexibility index (Phi) is 20.3. The second kappa shape index (κ2) is 25.3. The van der Waals surface area contributed by atoms with Crippen LogP contribution in [0.4, 0.5) is 11.8 Å². The Balaban J connectivity index is 1.07. The number of unbranched alkanes of at least 4 members (excludes halogenated alkanes) is 2. The molecule has 1 aliphatic heterocycles. The standard InChI is InChI=1S/C40H63N9O8S/c1-4-6-7-12-43-37-36-32(45-40(42)46-37)10-14-49(36)27-30-9-8-29(25-33(30)54-3)26-47-15-17-48(18-16-47)35(50)11-19-55-21-23-57-24-22-56-20-13-44-38(51)34(5-2)58-28-31(41)39(52)53/h8-10,14,25,31,34H,4-7,11-13,15-24,26-28,41H2,1-3H3,(H,44,51)(H,52,53)(H3,42,43,45,46). The normalized spacial score (nSPS) is 14.4. The number of benzene rings is 1. The van der Waals surface area contributed by atoms with Gasteiger partial charge in [-0.1, -0.05) is 38.8 Å². The van der Waals surface area contributed by atoms with Crippen LogP contribution in [0.15, 0.2) is 30.5 Å². The molecular weight excluding hydrogens is 767 g/mol. The quantitative estimate of drug-likeness (QED) is 0.0665. The third-order valence-corrected chi connectivity index (χ3v) is 11.2. The Hall–Kier alpha value is -4.20. The molecule has 0 spiro atoms. The largest absolute Gasteiger partial charge is 0.496 e. The van der Waals surface area contributed by atoms with Crippen molar-refractivity contribution < 1.29 is 38.4 Å². The van der Waals surface area contributed by atoms with Crippen molar-refractivity contribution in [2.75, 3.05) is 103 Å². The van der Waals surface area contributed by atoms with Gasteiger partial charge in [-0.05, 0) is 30.5 Å². The second-order valence-electron chi connectivity index (χ2n) is 14.1.